The quantitative estimate of drug-likeness (QED) is 0.627. The van der Waals surface area contributed by atoms with Crippen molar-refractivity contribution >= 4 is 22.7 Å². The number of H-pyrrole nitrogens is 2. The summed E-state index contributed by atoms with van der Waals surface area (Å²) in [6.07, 6.45) is 4.52. The van der Waals surface area contributed by atoms with E-state index in [9.17, 15) is 18.8 Å². The second-order valence-corrected chi connectivity index (χ2v) is 6.28. The Morgan fingerprint density at radius 3 is 2.93 bits per heavy atom. The van der Waals surface area contributed by atoms with E-state index in [1.807, 2.05) is 0 Å². The summed E-state index contributed by atoms with van der Waals surface area (Å²) in [5, 5.41) is 2.82. The monoisotopic (exact) mass is 369 g/mol. The van der Waals surface area contributed by atoms with Crippen molar-refractivity contribution in [1.29, 1.82) is 0 Å². The Kier molecular flexibility index (Phi) is 4.19. The van der Waals surface area contributed by atoms with Gasteiger partial charge in [0.25, 0.3) is 5.91 Å². The Morgan fingerprint density at radius 2 is 2.15 bits per heavy atom. The van der Waals surface area contributed by atoms with Crippen molar-refractivity contribution in [3.63, 3.8) is 0 Å². The fourth-order valence-electron chi connectivity index (χ4n) is 3.29. The molecule has 0 bridgehead atoms. The molecule has 9 heteroatoms. The van der Waals surface area contributed by atoms with Crippen molar-refractivity contribution in [2.75, 3.05) is 13.1 Å². The van der Waals surface area contributed by atoms with Crippen LogP contribution in [0.5, 0.6) is 0 Å². The number of piperazine rings is 1. The summed E-state index contributed by atoms with van der Waals surface area (Å²) in [6, 6.07) is 3.33. The molecule has 0 radical (unpaired) electrons. The Hall–Kier alpha value is -3.49. The van der Waals surface area contributed by atoms with Gasteiger partial charge in [0.05, 0.1) is 11.8 Å². The first-order valence-corrected chi connectivity index (χ1v) is 8.42. The van der Waals surface area contributed by atoms with Gasteiger partial charge in [-0.05, 0) is 12.1 Å². The third-order valence-corrected chi connectivity index (χ3v) is 4.65. The van der Waals surface area contributed by atoms with Crippen molar-refractivity contribution < 1.29 is 14.0 Å². The Labute approximate surface area is 152 Å². The predicted molar refractivity (Wildman–Crippen MR) is 94.7 cm³/mol. The van der Waals surface area contributed by atoms with E-state index in [4.69, 9.17) is 0 Å². The summed E-state index contributed by atoms with van der Waals surface area (Å²) >= 11 is 0. The molecule has 8 nitrogen and oxygen atoms in total. The maximum atomic E-state index is 13.9. The molecule has 4 rings (SSSR count). The zero-order valence-electron chi connectivity index (χ0n) is 14.2. The highest BCUT2D eigenvalue weighted by Gasteiger charge is 2.35. The van der Waals surface area contributed by atoms with Crippen LogP contribution in [0.4, 0.5) is 4.39 Å². The maximum Gasteiger partial charge on any atom is 0.260 e. The summed E-state index contributed by atoms with van der Waals surface area (Å²) in [5.41, 5.74) is 0.0470. The maximum absolute atomic E-state index is 13.9. The van der Waals surface area contributed by atoms with Crippen LogP contribution >= 0.6 is 0 Å². The number of aromatic nitrogens is 3. The normalized spacial score (nSPS) is 17.1. The van der Waals surface area contributed by atoms with E-state index in [1.165, 1.54) is 35.6 Å². The minimum absolute atomic E-state index is 0.0458. The molecule has 1 aromatic carbocycles. The Balaban J connectivity index is 1.72. The van der Waals surface area contributed by atoms with Crippen molar-refractivity contribution in [1.82, 2.24) is 25.2 Å². The number of carbonyl (C=O) groups is 2. The molecule has 1 unspecified atom stereocenters. The van der Waals surface area contributed by atoms with E-state index in [0.717, 1.165) is 0 Å². The third kappa shape index (κ3) is 2.97. The van der Waals surface area contributed by atoms with E-state index in [2.05, 4.69) is 20.3 Å². The van der Waals surface area contributed by atoms with Crippen molar-refractivity contribution in [2.45, 2.75) is 12.5 Å². The average Bonchev–Trinajstić information content (AvgIpc) is 3.17. The molecule has 1 aliphatic rings. The van der Waals surface area contributed by atoms with E-state index in [0.29, 0.717) is 12.2 Å². The number of aromatic amines is 2. The van der Waals surface area contributed by atoms with Gasteiger partial charge < -0.3 is 20.2 Å². The first-order valence-electron chi connectivity index (χ1n) is 8.42. The number of halogens is 1. The second-order valence-electron chi connectivity index (χ2n) is 6.28. The van der Waals surface area contributed by atoms with Crippen LogP contribution in [0.15, 0.2) is 41.7 Å². The number of benzene rings is 1. The standard InChI is InChI=1S/C18H16FN5O3/c19-13-3-1-2-11-15(13)22-8-12(16(11)25)18(27)24-5-4-21-17(26)14(24)6-10-7-20-9-23-10/h1-3,7-9,14H,4-6H2,(H,20,23)(H,21,26)(H,22,25). The molecule has 0 spiro atoms. The molecule has 1 atom stereocenters. The van der Waals surface area contributed by atoms with Crippen LogP contribution in [-0.2, 0) is 11.2 Å². The van der Waals surface area contributed by atoms with Gasteiger partial charge in [-0.3, -0.25) is 14.4 Å². The number of carbonyl (C=O) groups excluding carboxylic acids is 2. The van der Waals surface area contributed by atoms with Crippen LogP contribution in [0.3, 0.4) is 0 Å². The lowest BCUT2D eigenvalue weighted by Crippen LogP contribution is -2.58. The highest BCUT2D eigenvalue weighted by Crippen LogP contribution is 2.16. The summed E-state index contributed by atoms with van der Waals surface area (Å²) < 4.78 is 13.9. The van der Waals surface area contributed by atoms with Crippen molar-refractivity contribution in [3.8, 4) is 0 Å². The Morgan fingerprint density at radius 1 is 1.30 bits per heavy atom. The molecule has 0 aliphatic carbocycles. The lowest BCUT2D eigenvalue weighted by atomic mass is 10.0. The first kappa shape index (κ1) is 17.0. The number of hydrogen-bond acceptors (Lipinski definition) is 4. The van der Waals surface area contributed by atoms with Crippen molar-refractivity contribution in [2.24, 2.45) is 0 Å². The summed E-state index contributed by atoms with van der Waals surface area (Å²) in [6.45, 7) is 0.564. The number of imidazole rings is 1. The molecule has 1 fully saturated rings. The Bertz CT molecular complexity index is 1080. The zero-order valence-corrected chi connectivity index (χ0v) is 14.2. The highest BCUT2D eigenvalue weighted by atomic mass is 19.1. The number of para-hydroxylation sites is 1. The molecule has 0 saturated carbocycles. The molecular formula is C18H16FN5O3. The number of nitrogens with zero attached hydrogens (tertiary/aromatic N) is 2. The topological polar surface area (TPSA) is 111 Å². The van der Waals surface area contributed by atoms with Crippen LogP contribution in [-0.4, -0.2) is 50.8 Å². The SMILES string of the molecule is O=C1NCCN(C(=O)c2c[nH]c3c(F)cccc3c2=O)C1Cc1cnc[nH]1. The second kappa shape index (κ2) is 6.67. The summed E-state index contributed by atoms with van der Waals surface area (Å²) in [7, 11) is 0. The molecular weight excluding hydrogens is 353 g/mol. The molecule has 3 N–H and O–H groups in total. The molecule has 138 valence electrons. The summed E-state index contributed by atoms with van der Waals surface area (Å²) in [5.74, 6) is -1.44. The van der Waals surface area contributed by atoms with Gasteiger partial charge in [-0.25, -0.2) is 9.37 Å². The molecule has 3 aromatic rings. The first-order chi connectivity index (χ1) is 13.1. The number of rotatable bonds is 3. The smallest absolute Gasteiger partial charge is 0.260 e. The molecule has 27 heavy (non-hydrogen) atoms. The average molecular weight is 369 g/mol. The van der Waals surface area contributed by atoms with Gasteiger partial charge in [-0.15, -0.1) is 0 Å². The molecule has 2 amide bonds. The van der Waals surface area contributed by atoms with Gasteiger partial charge in [-0.1, -0.05) is 6.07 Å². The van der Waals surface area contributed by atoms with Crippen LogP contribution in [0.1, 0.15) is 16.1 Å². The number of pyridine rings is 1. The number of amides is 2. The van der Waals surface area contributed by atoms with Gasteiger partial charge in [0.15, 0.2) is 0 Å². The minimum atomic E-state index is -0.769. The lowest BCUT2D eigenvalue weighted by Gasteiger charge is -2.34. The van der Waals surface area contributed by atoms with Gasteiger partial charge in [0.1, 0.15) is 17.4 Å². The minimum Gasteiger partial charge on any atom is -0.358 e. The van der Waals surface area contributed by atoms with E-state index < -0.39 is 23.2 Å². The van der Waals surface area contributed by atoms with Crippen LogP contribution < -0.4 is 10.7 Å². The summed E-state index contributed by atoms with van der Waals surface area (Å²) in [4.78, 5) is 49.0. The molecule has 1 aliphatic heterocycles. The fourth-order valence-corrected chi connectivity index (χ4v) is 3.29. The fraction of sp³-hybridized carbons (Fsp3) is 0.222. The van der Waals surface area contributed by atoms with Gasteiger partial charge >= 0.3 is 0 Å². The largest absolute Gasteiger partial charge is 0.358 e. The third-order valence-electron chi connectivity index (χ3n) is 4.65. The van der Waals surface area contributed by atoms with Crippen LogP contribution in [0, 0.1) is 5.82 Å². The molecule has 2 aromatic heterocycles. The zero-order chi connectivity index (χ0) is 19.0. The van der Waals surface area contributed by atoms with E-state index in [-0.39, 0.29) is 35.3 Å². The number of fused-ring (bicyclic) bond motifs is 1. The molecule has 3 heterocycles. The lowest BCUT2D eigenvalue weighted by molar-refractivity contribution is -0.127. The highest BCUT2D eigenvalue weighted by molar-refractivity contribution is 6.00. The predicted octanol–water partition coefficient (Wildman–Crippen LogP) is 0.574. The van der Waals surface area contributed by atoms with Crippen LogP contribution in [0.2, 0.25) is 0 Å². The van der Waals surface area contributed by atoms with Crippen LogP contribution in [0.25, 0.3) is 10.9 Å². The van der Waals surface area contributed by atoms with E-state index >= 15 is 0 Å². The number of nitrogens with one attached hydrogen (secondary N) is 3. The van der Waals surface area contributed by atoms with Crippen molar-refractivity contribution in [3.05, 3.63) is 64.2 Å². The van der Waals surface area contributed by atoms with Gasteiger partial charge in [0, 0.05) is 43.0 Å². The number of hydrogen-bond donors (Lipinski definition) is 3. The molecule has 1 saturated heterocycles. The van der Waals surface area contributed by atoms with E-state index in [1.54, 1.807) is 6.20 Å². The van der Waals surface area contributed by atoms with Gasteiger partial charge in [0.2, 0.25) is 11.3 Å². The van der Waals surface area contributed by atoms with Gasteiger partial charge in [-0.2, -0.15) is 0 Å².